The lowest BCUT2D eigenvalue weighted by Crippen LogP contribution is -2.34. The van der Waals surface area contributed by atoms with E-state index < -0.39 is 5.97 Å². The van der Waals surface area contributed by atoms with Crippen molar-refractivity contribution in [2.75, 3.05) is 27.4 Å². The Balaban J connectivity index is 1.72. The molecule has 0 unspecified atom stereocenters. The molecule has 0 aliphatic carbocycles. The lowest BCUT2D eigenvalue weighted by Gasteiger charge is -2.26. The number of hydrogen-bond acceptors (Lipinski definition) is 5. The maximum Gasteiger partial charge on any atom is 0.338 e. The Morgan fingerprint density at radius 3 is 2.62 bits per heavy atom. The Morgan fingerprint density at radius 1 is 1.10 bits per heavy atom. The average molecular weight is 397 g/mol. The summed E-state index contributed by atoms with van der Waals surface area (Å²) in [5.41, 5.74) is 3.27. The summed E-state index contributed by atoms with van der Waals surface area (Å²) in [5.74, 6) is 0.731. The minimum Gasteiger partial charge on any atom is -0.497 e. The van der Waals surface area contributed by atoms with E-state index in [1.807, 2.05) is 44.2 Å². The number of hydrogen-bond donors (Lipinski definition) is 0. The first-order valence-electron chi connectivity index (χ1n) is 9.71. The molecule has 0 saturated carbocycles. The zero-order chi connectivity index (χ0) is 21.0. The van der Waals surface area contributed by atoms with Crippen LogP contribution in [0.4, 0.5) is 0 Å². The fraction of sp³-hybridized carbons (Fsp3) is 0.391. The van der Waals surface area contributed by atoms with Gasteiger partial charge in [0.2, 0.25) is 0 Å². The van der Waals surface area contributed by atoms with Gasteiger partial charge in [-0.1, -0.05) is 12.1 Å². The summed E-state index contributed by atoms with van der Waals surface area (Å²) in [4.78, 5) is 27.0. The maximum atomic E-state index is 12.8. The molecule has 6 heteroatoms. The normalized spacial score (nSPS) is 15.9. The number of carbonyl (C=O) groups is 2. The van der Waals surface area contributed by atoms with Crippen LogP contribution in [0.3, 0.4) is 0 Å². The van der Waals surface area contributed by atoms with Crippen LogP contribution in [0.5, 0.6) is 11.5 Å². The molecule has 0 bridgehead atoms. The average Bonchev–Trinajstić information content (AvgIpc) is 3.23. The summed E-state index contributed by atoms with van der Waals surface area (Å²) in [6, 6.07) is 10.9. The summed E-state index contributed by atoms with van der Waals surface area (Å²) in [6.45, 7) is 4.15. The minimum absolute atomic E-state index is 0.132. The Bertz CT molecular complexity index is 908. The molecule has 3 rings (SSSR count). The van der Waals surface area contributed by atoms with Crippen molar-refractivity contribution in [3.05, 3.63) is 58.7 Å². The third-order valence-electron chi connectivity index (χ3n) is 5.52. The first-order chi connectivity index (χ1) is 14.0. The molecule has 1 aliphatic heterocycles. The molecule has 29 heavy (non-hydrogen) atoms. The number of rotatable bonds is 6. The predicted octanol–water partition coefficient (Wildman–Crippen LogP) is 3.84. The Labute approximate surface area is 171 Å². The number of esters is 1. The quantitative estimate of drug-likeness (QED) is 0.693. The second-order valence-electron chi connectivity index (χ2n) is 7.18. The summed E-state index contributed by atoms with van der Waals surface area (Å²) in [6.07, 6.45) is 1.70. The maximum absolute atomic E-state index is 12.8. The Morgan fingerprint density at radius 2 is 1.90 bits per heavy atom. The summed E-state index contributed by atoms with van der Waals surface area (Å²) >= 11 is 0. The van der Waals surface area contributed by atoms with Crippen molar-refractivity contribution in [3.8, 4) is 11.5 Å². The topological polar surface area (TPSA) is 65.1 Å². The van der Waals surface area contributed by atoms with Gasteiger partial charge in [0, 0.05) is 12.1 Å². The first-order valence-corrected chi connectivity index (χ1v) is 9.71. The van der Waals surface area contributed by atoms with E-state index >= 15 is 0 Å². The molecule has 0 N–H and O–H groups in total. The number of likely N-dealkylation sites (tertiary alicyclic amines) is 1. The highest BCUT2D eigenvalue weighted by atomic mass is 16.5. The van der Waals surface area contributed by atoms with Crippen LogP contribution in [0.1, 0.15) is 45.9 Å². The molecule has 2 aromatic rings. The molecule has 0 radical (unpaired) electrons. The van der Waals surface area contributed by atoms with Crippen molar-refractivity contribution in [1.82, 2.24) is 4.90 Å². The van der Waals surface area contributed by atoms with Gasteiger partial charge in [-0.25, -0.2) is 4.79 Å². The Hall–Kier alpha value is -3.02. The summed E-state index contributed by atoms with van der Waals surface area (Å²) in [7, 11) is 3.22. The molecule has 1 amide bonds. The third-order valence-corrected chi connectivity index (χ3v) is 5.52. The summed E-state index contributed by atoms with van der Waals surface area (Å²) in [5, 5.41) is 0. The first kappa shape index (κ1) is 20.7. The molecule has 1 aliphatic rings. The van der Waals surface area contributed by atoms with Crippen molar-refractivity contribution in [2.45, 2.75) is 32.7 Å². The van der Waals surface area contributed by atoms with Crippen molar-refractivity contribution < 1.29 is 23.8 Å². The lowest BCUT2D eigenvalue weighted by atomic mass is 10.0. The number of benzene rings is 2. The van der Waals surface area contributed by atoms with Crippen LogP contribution in [0.25, 0.3) is 0 Å². The smallest absolute Gasteiger partial charge is 0.338 e. The molecule has 1 saturated heterocycles. The van der Waals surface area contributed by atoms with Gasteiger partial charge in [0.05, 0.1) is 25.8 Å². The van der Waals surface area contributed by atoms with Crippen LogP contribution in [-0.2, 0) is 9.53 Å². The number of nitrogens with zero attached hydrogens (tertiary/aromatic N) is 1. The molecule has 1 fully saturated rings. The van der Waals surface area contributed by atoms with Crippen LogP contribution in [0.15, 0.2) is 36.4 Å². The number of amides is 1. The van der Waals surface area contributed by atoms with E-state index in [2.05, 4.69) is 0 Å². The fourth-order valence-electron chi connectivity index (χ4n) is 3.75. The third kappa shape index (κ3) is 4.36. The zero-order valence-corrected chi connectivity index (χ0v) is 17.4. The molecule has 2 aromatic carbocycles. The van der Waals surface area contributed by atoms with Gasteiger partial charge >= 0.3 is 5.97 Å². The molecule has 0 spiro atoms. The van der Waals surface area contributed by atoms with E-state index in [0.717, 1.165) is 29.5 Å². The van der Waals surface area contributed by atoms with E-state index in [4.69, 9.17) is 14.2 Å². The molecule has 1 atom stereocenters. The molecule has 0 aromatic heterocycles. The molecular weight excluding hydrogens is 370 g/mol. The van der Waals surface area contributed by atoms with Crippen LogP contribution in [-0.4, -0.2) is 44.1 Å². The van der Waals surface area contributed by atoms with E-state index in [1.165, 1.54) is 0 Å². The van der Waals surface area contributed by atoms with Gasteiger partial charge in [0.15, 0.2) is 6.61 Å². The van der Waals surface area contributed by atoms with Crippen LogP contribution < -0.4 is 9.47 Å². The van der Waals surface area contributed by atoms with E-state index in [1.54, 1.807) is 25.2 Å². The SMILES string of the molecule is COc1ccc(OC)c([C@H]2CCCN2C(=O)COC(=O)c2cccc(C)c2C)c1. The second kappa shape index (κ2) is 8.99. The van der Waals surface area contributed by atoms with Gasteiger partial charge in [0.25, 0.3) is 5.91 Å². The lowest BCUT2D eigenvalue weighted by molar-refractivity contribution is -0.135. The van der Waals surface area contributed by atoms with Crippen LogP contribution in [0.2, 0.25) is 0 Å². The van der Waals surface area contributed by atoms with Gasteiger partial charge in [-0.3, -0.25) is 4.79 Å². The standard InChI is InChI=1S/C23H27NO5/c1-15-7-5-8-18(16(15)2)23(26)29-14-22(25)24-12-6-9-20(24)19-13-17(27-3)10-11-21(19)28-4/h5,7-8,10-11,13,20H,6,9,12,14H2,1-4H3/t20-/m1/s1. The molecular formula is C23H27NO5. The van der Waals surface area contributed by atoms with Crippen LogP contribution in [0, 0.1) is 13.8 Å². The van der Waals surface area contributed by atoms with Crippen molar-refractivity contribution in [1.29, 1.82) is 0 Å². The van der Waals surface area contributed by atoms with Gasteiger partial charge in [-0.2, -0.15) is 0 Å². The Kier molecular flexibility index (Phi) is 6.42. The predicted molar refractivity (Wildman–Crippen MR) is 109 cm³/mol. The number of aryl methyl sites for hydroxylation is 1. The van der Waals surface area contributed by atoms with Crippen molar-refractivity contribution in [2.24, 2.45) is 0 Å². The van der Waals surface area contributed by atoms with Gasteiger partial charge in [0.1, 0.15) is 11.5 Å². The zero-order valence-electron chi connectivity index (χ0n) is 17.4. The fourth-order valence-corrected chi connectivity index (χ4v) is 3.75. The van der Waals surface area contributed by atoms with E-state index in [-0.39, 0.29) is 18.6 Å². The van der Waals surface area contributed by atoms with E-state index in [9.17, 15) is 9.59 Å². The molecule has 1 heterocycles. The highest BCUT2D eigenvalue weighted by Gasteiger charge is 2.32. The van der Waals surface area contributed by atoms with Crippen LogP contribution >= 0.6 is 0 Å². The number of carbonyl (C=O) groups excluding carboxylic acids is 2. The summed E-state index contributed by atoms with van der Waals surface area (Å²) < 4.78 is 16.2. The van der Waals surface area contributed by atoms with Crippen molar-refractivity contribution >= 4 is 11.9 Å². The minimum atomic E-state index is -0.478. The molecule has 154 valence electrons. The number of ether oxygens (including phenoxy) is 3. The molecule has 6 nitrogen and oxygen atoms in total. The van der Waals surface area contributed by atoms with Gasteiger partial charge in [-0.05, 0) is 62.1 Å². The number of methoxy groups -OCH3 is 2. The largest absolute Gasteiger partial charge is 0.497 e. The second-order valence-corrected chi connectivity index (χ2v) is 7.18. The highest BCUT2D eigenvalue weighted by Crippen LogP contribution is 2.38. The van der Waals surface area contributed by atoms with E-state index in [0.29, 0.717) is 23.6 Å². The highest BCUT2D eigenvalue weighted by molar-refractivity contribution is 5.93. The van der Waals surface area contributed by atoms with Crippen molar-refractivity contribution in [3.63, 3.8) is 0 Å². The monoisotopic (exact) mass is 397 g/mol. The van der Waals surface area contributed by atoms with Gasteiger partial charge in [-0.15, -0.1) is 0 Å². The van der Waals surface area contributed by atoms with Gasteiger partial charge < -0.3 is 19.1 Å².